The van der Waals surface area contributed by atoms with Crippen LogP contribution in [0.3, 0.4) is 0 Å². The van der Waals surface area contributed by atoms with Gasteiger partial charge in [-0.05, 0) is 82.0 Å². The molecule has 4 heteroatoms. The lowest BCUT2D eigenvalue weighted by Crippen LogP contribution is -2.59. The molecule has 3 heterocycles. The third-order valence-electron chi connectivity index (χ3n) is 7.61. The van der Waals surface area contributed by atoms with Crippen LogP contribution in [0.15, 0.2) is 0 Å². The van der Waals surface area contributed by atoms with E-state index < -0.39 is 0 Å². The van der Waals surface area contributed by atoms with E-state index in [-0.39, 0.29) is 0 Å². The summed E-state index contributed by atoms with van der Waals surface area (Å²) >= 11 is 0. The Kier molecular flexibility index (Phi) is 5.71. The Balaban J connectivity index is 1.20. The van der Waals surface area contributed by atoms with Crippen molar-refractivity contribution in [3.05, 3.63) is 0 Å². The number of morpholine rings is 1. The first-order valence-corrected chi connectivity index (χ1v) is 10.9. The number of hydrogen-bond donors (Lipinski definition) is 1. The van der Waals surface area contributed by atoms with E-state index in [1.165, 1.54) is 77.8 Å². The molecular weight excluding hydrogens is 310 g/mol. The van der Waals surface area contributed by atoms with Crippen LogP contribution in [0.2, 0.25) is 0 Å². The lowest BCUT2D eigenvalue weighted by atomic mass is 9.60. The molecule has 3 aliphatic heterocycles. The molecular formula is C21H39N3O. The van der Waals surface area contributed by atoms with E-state index in [9.17, 15) is 0 Å². The molecule has 1 atom stereocenters. The van der Waals surface area contributed by atoms with Crippen molar-refractivity contribution < 1.29 is 4.74 Å². The van der Waals surface area contributed by atoms with E-state index in [0.29, 0.717) is 17.4 Å². The maximum Gasteiger partial charge on any atom is 0.0725 e. The van der Waals surface area contributed by atoms with Gasteiger partial charge in [0.25, 0.3) is 0 Å². The van der Waals surface area contributed by atoms with Crippen molar-refractivity contribution in [2.45, 2.75) is 64.5 Å². The molecule has 0 aromatic rings. The van der Waals surface area contributed by atoms with Gasteiger partial charge in [-0.2, -0.15) is 0 Å². The number of hydrogen-bond acceptors (Lipinski definition) is 4. The second-order valence-corrected chi connectivity index (χ2v) is 9.70. The van der Waals surface area contributed by atoms with Crippen LogP contribution in [0, 0.1) is 17.3 Å². The summed E-state index contributed by atoms with van der Waals surface area (Å²) in [5.74, 6) is 1.60. The molecule has 4 aliphatic rings. The summed E-state index contributed by atoms with van der Waals surface area (Å²) in [5.41, 5.74) is 0.695. The number of piperidine rings is 2. The molecule has 4 nitrogen and oxygen atoms in total. The lowest BCUT2D eigenvalue weighted by Gasteiger charge is -2.56. The minimum absolute atomic E-state index is 0.456. The van der Waals surface area contributed by atoms with Crippen molar-refractivity contribution in [3.8, 4) is 0 Å². The SMILES string of the molecule is CC(C)[C@H]1CN(C2CC3(CCN(CC4CCNCC4)CC3)C2)CCO1. The number of nitrogens with zero attached hydrogens (tertiary/aromatic N) is 2. The molecule has 0 unspecified atom stereocenters. The third-order valence-corrected chi connectivity index (χ3v) is 7.61. The molecule has 1 saturated carbocycles. The maximum absolute atomic E-state index is 5.96. The van der Waals surface area contributed by atoms with E-state index >= 15 is 0 Å². The van der Waals surface area contributed by atoms with E-state index in [4.69, 9.17) is 4.74 Å². The van der Waals surface area contributed by atoms with Gasteiger partial charge in [-0.3, -0.25) is 4.90 Å². The summed E-state index contributed by atoms with van der Waals surface area (Å²) in [6, 6.07) is 0.848. The summed E-state index contributed by atoms with van der Waals surface area (Å²) < 4.78 is 5.96. The first kappa shape index (κ1) is 18.2. The quantitative estimate of drug-likeness (QED) is 0.844. The minimum Gasteiger partial charge on any atom is -0.375 e. The Morgan fingerprint density at radius 3 is 2.48 bits per heavy atom. The van der Waals surface area contributed by atoms with Crippen LogP contribution in [0.4, 0.5) is 0 Å². The van der Waals surface area contributed by atoms with E-state index in [1.807, 2.05) is 0 Å². The Morgan fingerprint density at radius 1 is 1.08 bits per heavy atom. The van der Waals surface area contributed by atoms with Crippen LogP contribution in [0.1, 0.15) is 52.4 Å². The minimum atomic E-state index is 0.456. The fourth-order valence-electron chi connectivity index (χ4n) is 5.68. The average molecular weight is 350 g/mol. The van der Waals surface area contributed by atoms with Gasteiger partial charge in [0.2, 0.25) is 0 Å². The highest BCUT2D eigenvalue weighted by Crippen LogP contribution is 2.51. The normalized spacial score (nSPS) is 33.0. The van der Waals surface area contributed by atoms with Crippen molar-refractivity contribution in [2.24, 2.45) is 17.3 Å². The topological polar surface area (TPSA) is 27.7 Å². The smallest absolute Gasteiger partial charge is 0.0725 e. The zero-order chi connectivity index (χ0) is 17.3. The molecule has 25 heavy (non-hydrogen) atoms. The Labute approximate surface area is 154 Å². The van der Waals surface area contributed by atoms with Crippen LogP contribution >= 0.6 is 0 Å². The number of rotatable bonds is 4. The van der Waals surface area contributed by atoms with Gasteiger partial charge < -0.3 is 15.0 Å². The van der Waals surface area contributed by atoms with Gasteiger partial charge in [0.1, 0.15) is 0 Å². The predicted molar refractivity (Wildman–Crippen MR) is 103 cm³/mol. The highest BCUT2D eigenvalue weighted by molar-refractivity contribution is 5.02. The zero-order valence-electron chi connectivity index (χ0n) is 16.5. The van der Waals surface area contributed by atoms with Crippen molar-refractivity contribution in [3.63, 3.8) is 0 Å². The van der Waals surface area contributed by atoms with Crippen molar-refractivity contribution in [1.29, 1.82) is 0 Å². The van der Waals surface area contributed by atoms with Gasteiger partial charge in [0.15, 0.2) is 0 Å². The largest absolute Gasteiger partial charge is 0.375 e. The average Bonchev–Trinajstić information content (AvgIpc) is 2.61. The van der Waals surface area contributed by atoms with Gasteiger partial charge in [0.05, 0.1) is 12.7 Å². The number of nitrogens with one attached hydrogen (secondary N) is 1. The molecule has 0 aromatic heterocycles. The number of ether oxygens (including phenoxy) is 1. The first-order chi connectivity index (χ1) is 12.1. The van der Waals surface area contributed by atoms with Crippen molar-refractivity contribution in [2.75, 3.05) is 52.4 Å². The van der Waals surface area contributed by atoms with Gasteiger partial charge in [-0.15, -0.1) is 0 Å². The molecule has 1 N–H and O–H groups in total. The fraction of sp³-hybridized carbons (Fsp3) is 1.00. The molecule has 0 aromatic carbocycles. The van der Waals surface area contributed by atoms with Gasteiger partial charge in [-0.1, -0.05) is 13.8 Å². The molecule has 0 bridgehead atoms. The molecule has 3 saturated heterocycles. The van der Waals surface area contributed by atoms with Crippen LogP contribution in [-0.4, -0.2) is 74.4 Å². The molecule has 1 spiro atoms. The molecule has 144 valence electrons. The van der Waals surface area contributed by atoms with Crippen LogP contribution < -0.4 is 5.32 Å². The van der Waals surface area contributed by atoms with Crippen LogP contribution in [0.25, 0.3) is 0 Å². The van der Waals surface area contributed by atoms with E-state index in [0.717, 1.165) is 25.1 Å². The highest BCUT2D eigenvalue weighted by atomic mass is 16.5. The summed E-state index contributed by atoms with van der Waals surface area (Å²) in [4.78, 5) is 5.53. The standard InChI is InChI=1S/C21H39N3O/c1-17(2)20-16-24(11-12-25-20)19-13-21(14-19)5-9-23(10-6-21)15-18-3-7-22-8-4-18/h17-20,22H,3-16H2,1-2H3/t20-/m1/s1. The van der Waals surface area contributed by atoms with Gasteiger partial charge in [0, 0.05) is 25.7 Å². The monoisotopic (exact) mass is 349 g/mol. The Morgan fingerprint density at radius 2 is 1.80 bits per heavy atom. The van der Waals surface area contributed by atoms with E-state index in [2.05, 4.69) is 29.0 Å². The highest BCUT2D eigenvalue weighted by Gasteiger charge is 2.48. The van der Waals surface area contributed by atoms with Crippen LogP contribution in [-0.2, 0) is 4.74 Å². The molecule has 4 fully saturated rings. The fourth-order valence-corrected chi connectivity index (χ4v) is 5.68. The lowest BCUT2D eigenvalue weighted by molar-refractivity contribution is -0.108. The molecule has 0 radical (unpaired) electrons. The second kappa shape index (κ2) is 7.84. The Hall–Kier alpha value is -0.160. The van der Waals surface area contributed by atoms with E-state index in [1.54, 1.807) is 0 Å². The molecule has 4 rings (SSSR count). The van der Waals surface area contributed by atoms with Crippen molar-refractivity contribution >= 4 is 0 Å². The summed E-state index contributed by atoms with van der Waals surface area (Å²) in [6.45, 7) is 14.4. The molecule has 0 amide bonds. The van der Waals surface area contributed by atoms with Crippen LogP contribution in [0.5, 0.6) is 0 Å². The summed E-state index contributed by atoms with van der Waals surface area (Å²) in [7, 11) is 0. The van der Waals surface area contributed by atoms with Gasteiger partial charge >= 0.3 is 0 Å². The summed E-state index contributed by atoms with van der Waals surface area (Å²) in [5, 5.41) is 3.50. The second-order valence-electron chi connectivity index (χ2n) is 9.70. The molecule has 1 aliphatic carbocycles. The van der Waals surface area contributed by atoms with Crippen molar-refractivity contribution in [1.82, 2.24) is 15.1 Å². The first-order valence-electron chi connectivity index (χ1n) is 10.9. The maximum atomic E-state index is 5.96. The predicted octanol–water partition coefficient (Wildman–Crippen LogP) is 2.59. The Bertz CT molecular complexity index is 419. The van der Waals surface area contributed by atoms with Gasteiger partial charge in [-0.25, -0.2) is 0 Å². The number of likely N-dealkylation sites (tertiary alicyclic amines) is 1. The summed E-state index contributed by atoms with van der Waals surface area (Å²) in [6.07, 6.45) is 9.05. The zero-order valence-corrected chi connectivity index (χ0v) is 16.5. The third kappa shape index (κ3) is 4.23.